The van der Waals surface area contributed by atoms with E-state index in [0.717, 1.165) is 31.5 Å². The van der Waals surface area contributed by atoms with E-state index in [4.69, 9.17) is 0 Å². The minimum Gasteiger partial charge on any atom is -0.356 e. The van der Waals surface area contributed by atoms with E-state index in [1.807, 2.05) is 6.92 Å². The van der Waals surface area contributed by atoms with Crippen LogP contribution < -0.4 is 5.32 Å². The molecule has 1 N–H and O–H groups in total. The Morgan fingerprint density at radius 1 is 1.25 bits per heavy atom. The zero-order chi connectivity index (χ0) is 17.5. The van der Waals surface area contributed by atoms with E-state index in [1.165, 1.54) is 12.1 Å². The second-order valence-corrected chi connectivity index (χ2v) is 6.32. The maximum absolute atomic E-state index is 12.9. The average molecular weight is 335 g/mol. The maximum Gasteiger partial charge on any atom is 0.236 e. The highest BCUT2D eigenvalue weighted by molar-refractivity contribution is 5.79. The molecule has 0 radical (unpaired) electrons. The Labute approximate surface area is 142 Å². The first-order valence-electron chi connectivity index (χ1n) is 8.48. The van der Waals surface area contributed by atoms with Crippen molar-refractivity contribution in [3.63, 3.8) is 0 Å². The van der Waals surface area contributed by atoms with Crippen LogP contribution in [-0.4, -0.2) is 54.8 Å². The molecule has 24 heavy (non-hydrogen) atoms. The van der Waals surface area contributed by atoms with Crippen molar-refractivity contribution in [1.82, 2.24) is 15.1 Å². The number of likely N-dealkylation sites (tertiary alicyclic amines) is 1. The van der Waals surface area contributed by atoms with Gasteiger partial charge in [0.15, 0.2) is 0 Å². The lowest BCUT2D eigenvalue weighted by molar-refractivity contribution is -0.132. The number of benzene rings is 1. The van der Waals surface area contributed by atoms with Crippen LogP contribution in [0.4, 0.5) is 4.39 Å². The normalized spacial score (nSPS) is 16.0. The first-order valence-corrected chi connectivity index (χ1v) is 8.48. The van der Waals surface area contributed by atoms with Gasteiger partial charge in [0.05, 0.1) is 6.54 Å². The first-order chi connectivity index (χ1) is 11.5. The summed E-state index contributed by atoms with van der Waals surface area (Å²) >= 11 is 0. The third-order valence-corrected chi connectivity index (χ3v) is 4.43. The van der Waals surface area contributed by atoms with E-state index < -0.39 is 0 Å². The summed E-state index contributed by atoms with van der Waals surface area (Å²) in [7, 11) is 1.76. The van der Waals surface area contributed by atoms with E-state index in [2.05, 4.69) is 10.2 Å². The van der Waals surface area contributed by atoms with Crippen molar-refractivity contribution < 1.29 is 14.0 Å². The molecule has 1 saturated heterocycles. The molecule has 1 aliphatic rings. The van der Waals surface area contributed by atoms with Crippen LogP contribution in [0, 0.1) is 11.7 Å². The van der Waals surface area contributed by atoms with Gasteiger partial charge in [-0.05, 0) is 50.6 Å². The van der Waals surface area contributed by atoms with Crippen LogP contribution in [0.1, 0.15) is 25.3 Å². The van der Waals surface area contributed by atoms with Gasteiger partial charge in [0.2, 0.25) is 11.8 Å². The van der Waals surface area contributed by atoms with Crippen molar-refractivity contribution in [2.24, 2.45) is 5.92 Å². The molecule has 1 heterocycles. The molecule has 1 aromatic carbocycles. The van der Waals surface area contributed by atoms with Crippen LogP contribution >= 0.6 is 0 Å². The second-order valence-electron chi connectivity index (χ2n) is 6.32. The molecule has 0 bridgehead atoms. The summed E-state index contributed by atoms with van der Waals surface area (Å²) in [6, 6.07) is 6.19. The van der Waals surface area contributed by atoms with Crippen molar-refractivity contribution in [1.29, 1.82) is 0 Å². The molecule has 0 spiro atoms. The lowest BCUT2D eigenvalue weighted by Gasteiger charge is -2.31. The Balaban J connectivity index is 1.76. The molecule has 1 fully saturated rings. The Morgan fingerprint density at radius 3 is 2.46 bits per heavy atom. The van der Waals surface area contributed by atoms with E-state index in [9.17, 15) is 14.0 Å². The number of carbonyl (C=O) groups is 2. The van der Waals surface area contributed by atoms with Gasteiger partial charge in [-0.25, -0.2) is 4.39 Å². The topological polar surface area (TPSA) is 52.7 Å². The maximum atomic E-state index is 12.9. The van der Waals surface area contributed by atoms with Gasteiger partial charge in [0.1, 0.15) is 5.82 Å². The summed E-state index contributed by atoms with van der Waals surface area (Å²) in [5, 5.41) is 2.86. The Kier molecular flexibility index (Phi) is 6.73. The lowest BCUT2D eigenvalue weighted by Crippen LogP contribution is -2.44. The second kappa shape index (κ2) is 8.78. The van der Waals surface area contributed by atoms with Crippen molar-refractivity contribution in [3.8, 4) is 0 Å². The van der Waals surface area contributed by atoms with Crippen LogP contribution in [0.3, 0.4) is 0 Å². The molecule has 0 aromatic heterocycles. The van der Waals surface area contributed by atoms with Gasteiger partial charge in [-0.15, -0.1) is 0 Å². The number of hydrogen-bond donors (Lipinski definition) is 1. The number of nitrogens with zero attached hydrogens (tertiary/aromatic N) is 2. The van der Waals surface area contributed by atoms with Crippen molar-refractivity contribution in [2.45, 2.75) is 26.3 Å². The quantitative estimate of drug-likeness (QED) is 0.860. The molecule has 0 aliphatic carbocycles. The van der Waals surface area contributed by atoms with Gasteiger partial charge in [0.25, 0.3) is 0 Å². The molecule has 132 valence electrons. The first kappa shape index (κ1) is 18.4. The Morgan fingerprint density at radius 2 is 1.88 bits per heavy atom. The molecule has 0 atom stereocenters. The van der Waals surface area contributed by atoms with Crippen LogP contribution in [0.25, 0.3) is 0 Å². The van der Waals surface area contributed by atoms with Gasteiger partial charge >= 0.3 is 0 Å². The summed E-state index contributed by atoms with van der Waals surface area (Å²) in [5.41, 5.74) is 0.905. The molecule has 0 unspecified atom stereocenters. The van der Waals surface area contributed by atoms with E-state index in [0.29, 0.717) is 19.6 Å². The number of halogens is 1. The van der Waals surface area contributed by atoms with Crippen molar-refractivity contribution >= 4 is 11.8 Å². The van der Waals surface area contributed by atoms with Crippen LogP contribution in [0.5, 0.6) is 0 Å². The highest BCUT2D eigenvalue weighted by Crippen LogP contribution is 2.17. The number of carbonyl (C=O) groups excluding carboxylic acids is 2. The fourth-order valence-electron chi connectivity index (χ4n) is 2.94. The van der Waals surface area contributed by atoms with Gasteiger partial charge in [0, 0.05) is 26.1 Å². The number of nitrogens with one attached hydrogen (secondary N) is 1. The summed E-state index contributed by atoms with van der Waals surface area (Å²) in [6.07, 6.45) is 1.58. The molecule has 2 rings (SSSR count). The van der Waals surface area contributed by atoms with E-state index >= 15 is 0 Å². The molecule has 1 aliphatic heterocycles. The van der Waals surface area contributed by atoms with Gasteiger partial charge in [-0.1, -0.05) is 12.1 Å². The van der Waals surface area contributed by atoms with Gasteiger partial charge in [-0.2, -0.15) is 0 Å². The number of amides is 2. The Bertz CT molecular complexity index is 554. The molecule has 5 nitrogen and oxygen atoms in total. The summed E-state index contributed by atoms with van der Waals surface area (Å²) < 4.78 is 12.9. The molecule has 2 amide bonds. The van der Waals surface area contributed by atoms with Gasteiger partial charge < -0.3 is 10.2 Å². The Hall–Kier alpha value is -1.95. The van der Waals surface area contributed by atoms with Gasteiger partial charge in [-0.3, -0.25) is 14.5 Å². The fourth-order valence-corrected chi connectivity index (χ4v) is 2.94. The predicted molar refractivity (Wildman–Crippen MR) is 90.7 cm³/mol. The molecule has 0 saturated carbocycles. The summed E-state index contributed by atoms with van der Waals surface area (Å²) in [5.74, 6) is -0.0522. The minimum atomic E-state index is -0.275. The van der Waals surface area contributed by atoms with Crippen LogP contribution in [0.15, 0.2) is 24.3 Å². The lowest BCUT2D eigenvalue weighted by atomic mass is 9.96. The zero-order valence-corrected chi connectivity index (χ0v) is 14.4. The third-order valence-electron chi connectivity index (χ3n) is 4.43. The highest BCUT2D eigenvalue weighted by Gasteiger charge is 2.26. The van der Waals surface area contributed by atoms with E-state index in [1.54, 1.807) is 24.1 Å². The molecular formula is C18H26FN3O2. The van der Waals surface area contributed by atoms with Crippen molar-refractivity contribution in [3.05, 3.63) is 35.6 Å². The van der Waals surface area contributed by atoms with Crippen LogP contribution in [0.2, 0.25) is 0 Å². The monoisotopic (exact) mass is 335 g/mol. The SMILES string of the molecule is CCNC(=O)C1CCN(CC(=O)N(C)Cc2ccc(F)cc2)CC1. The average Bonchev–Trinajstić information content (AvgIpc) is 2.57. The number of hydrogen-bond acceptors (Lipinski definition) is 3. The van der Waals surface area contributed by atoms with E-state index in [-0.39, 0.29) is 23.5 Å². The molecule has 6 heteroatoms. The predicted octanol–water partition coefficient (Wildman–Crippen LogP) is 1.63. The van der Waals surface area contributed by atoms with Crippen LogP contribution in [-0.2, 0) is 16.1 Å². The summed E-state index contributed by atoms with van der Waals surface area (Å²) in [6.45, 7) is 4.93. The van der Waals surface area contributed by atoms with Crippen molar-refractivity contribution in [2.75, 3.05) is 33.2 Å². The smallest absolute Gasteiger partial charge is 0.236 e. The zero-order valence-electron chi connectivity index (χ0n) is 14.4. The highest BCUT2D eigenvalue weighted by atomic mass is 19.1. The third kappa shape index (κ3) is 5.30. The minimum absolute atomic E-state index is 0.0378. The molecule has 1 aromatic rings. The molecular weight excluding hydrogens is 309 g/mol. The number of rotatable bonds is 6. The number of piperidine rings is 1. The fraction of sp³-hybridized carbons (Fsp3) is 0.556. The largest absolute Gasteiger partial charge is 0.356 e. The summed E-state index contributed by atoms with van der Waals surface area (Å²) in [4.78, 5) is 27.9. The standard InChI is InChI=1S/C18H26FN3O2/c1-3-20-18(24)15-8-10-22(11-9-15)13-17(23)21(2)12-14-4-6-16(19)7-5-14/h4-7,15H,3,8-13H2,1-2H3,(H,20,24). The number of likely N-dealkylation sites (N-methyl/N-ethyl adjacent to an activating group) is 1.